The number of ether oxygens (including phenoxy) is 1. The molecule has 1 heterocycles. The molecule has 0 unspecified atom stereocenters. The summed E-state index contributed by atoms with van der Waals surface area (Å²) in [7, 11) is 0. The summed E-state index contributed by atoms with van der Waals surface area (Å²) in [6, 6.07) is 3.30. The van der Waals surface area contributed by atoms with Gasteiger partial charge in [0, 0.05) is 17.7 Å². The lowest BCUT2D eigenvalue weighted by Crippen LogP contribution is -2.27. The summed E-state index contributed by atoms with van der Waals surface area (Å²) in [5, 5.41) is 0. The third kappa shape index (κ3) is 2.47. The van der Waals surface area contributed by atoms with Gasteiger partial charge in [0.2, 0.25) is 5.78 Å². The van der Waals surface area contributed by atoms with Gasteiger partial charge < -0.3 is 4.74 Å². The van der Waals surface area contributed by atoms with E-state index in [9.17, 15) is 13.6 Å². The highest BCUT2D eigenvalue weighted by Gasteiger charge is 2.33. The second-order valence-electron chi connectivity index (χ2n) is 4.52. The topological polar surface area (TPSA) is 26.3 Å². The number of carbonyl (C=O) groups is 1. The maximum Gasteiger partial charge on any atom is 0.202 e. The zero-order valence-corrected chi connectivity index (χ0v) is 10.0. The lowest BCUT2D eigenvalue weighted by Gasteiger charge is -2.16. The Hall–Kier alpha value is -1.97. The summed E-state index contributed by atoms with van der Waals surface area (Å²) in [5.74, 6) is -1.05. The van der Waals surface area contributed by atoms with Crippen molar-refractivity contribution in [2.24, 2.45) is 0 Å². The molecule has 0 radical (unpaired) electrons. The first-order chi connectivity index (χ1) is 8.38. The highest BCUT2D eigenvalue weighted by atomic mass is 19.1. The largest absolute Gasteiger partial charge is 0.480 e. The van der Waals surface area contributed by atoms with Crippen LogP contribution in [0.3, 0.4) is 0 Å². The van der Waals surface area contributed by atoms with E-state index in [0.717, 1.165) is 6.07 Å². The predicted octanol–water partition coefficient (Wildman–Crippen LogP) is 3.24. The maximum absolute atomic E-state index is 13.3. The number of benzene rings is 1. The molecule has 2 rings (SSSR count). The number of ketones is 1. The number of hydrogen-bond acceptors (Lipinski definition) is 2. The van der Waals surface area contributed by atoms with Crippen molar-refractivity contribution in [3.05, 3.63) is 53.3 Å². The molecule has 0 saturated carbocycles. The van der Waals surface area contributed by atoms with Crippen LogP contribution < -0.4 is 0 Å². The molecule has 18 heavy (non-hydrogen) atoms. The van der Waals surface area contributed by atoms with E-state index in [-0.39, 0.29) is 11.3 Å². The smallest absolute Gasteiger partial charge is 0.202 e. The van der Waals surface area contributed by atoms with E-state index in [4.69, 9.17) is 4.74 Å². The van der Waals surface area contributed by atoms with Crippen LogP contribution in [0.2, 0.25) is 0 Å². The number of hydrogen-bond donors (Lipinski definition) is 0. The Kier molecular flexibility index (Phi) is 3.03. The first-order valence-corrected chi connectivity index (χ1v) is 5.47. The van der Waals surface area contributed by atoms with E-state index in [1.165, 1.54) is 30.4 Å². The van der Waals surface area contributed by atoms with Gasteiger partial charge in [-0.25, -0.2) is 8.78 Å². The van der Waals surface area contributed by atoms with Crippen LogP contribution >= 0.6 is 0 Å². The minimum absolute atomic E-state index is 0.137. The van der Waals surface area contributed by atoms with Crippen LogP contribution in [0.25, 0.3) is 6.08 Å². The van der Waals surface area contributed by atoms with Crippen molar-refractivity contribution in [3.63, 3.8) is 0 Å². The Bertz CT molecular complexity index is 557. The van der Waals surface area contributed by atoms with Gasteiger partial charge in [0.1, 0.15) is 17.4 Å². The van der Waals surface area contributed by atoms with Gasteiger partial charge in [-0.2, -0.15) is 0 Å². The summed E-state index contributed by atoms with van der Waals surface area (Å²) in [5.41, 5.74) is -0.640. The fourth-order valence-electron chi connectivity index (χ4n) is 1.57. The quantitative estimate of drug-likeness (QED) is 0.805. The Balaban J connectivity index is 2.18. The van der Waals surface area contributed by atoms with Gasteiger partial charge in [-0.15, -0.1) is 0 Å². The first-order valence-electron chi connectivity index (χ1n) is 5.47. The van der Waals surface area contributed by atoms with E-state index < -0.39 is 17.2 Å². The summed E-state index contributed by atoms with van der Waals surface area (Å²) in [6.45, 7) is 3.32. The molecule has 1 aromatic carbocycles. The standard InChI is InChI=1S/C14H12F2O2/c1-14(2)13(17)8-11(18-14)6-4-9-3-5-10(15)7-12(9)16/h3-8H,1-2H3/b6-4+. The summed E-state index contributed by atoms with van der Waals surface area (Å²) >= 11 is 0. The monoisotopic (exact) mass is 250 g/mol. The van der Waals surface area contributed by atoms with Crippen LogP contribution in [-0.2, 0) is 9.53 Å². The predicted molar refractivity (Wildman–Crippen MR) is 63.6 cm³/mol. The lowest BCUT2D eigenvalue weighted by atomic mass is 10.1. The Morgan fingerprint density at radius 1 is 1.22 bits per heavy atom. The Morgan fingerprint density at radius 3 is 2.50 bits per heavy atom. The normalized spacial score (nSPS) is 18.0. The SMILES string of the molecule is CC1(C)OC(/C=C/c2ccc(F)cc2F)=CC1=O. The molecule has 2 nitrogen and oxygen atoms in total. The second kappa shape index (κ2) is 4.37. The molecule has 0 N–H and O–H groups in total. The zero-order valence-electron chi connectivity index (χ0n) is 10.0. The molecule has 0 saturated heterocycles. The van der Waals surface area contributed by atoms with Crippen molar-refractivity contribution in [2.75, 3.05) is 0 Å². The molecule has 0 bridgehead atoms. The van der Waals surface area contributed by atoms with Gasteiger partial charge in [-0.3, -0.25) is 4.79 Å². The molecule has 0 aliphatic carbocycles. The van der Waals surface area contributed by atoms with E-state index >= 15 is 0 Å². The number of rotatable bonds is 2. The molecule has 0 spiro atoms. The molecule has 0 fully saturated rings. The molecular weight excluding hydrogens is 238 g/mol. The first kappa shape index (κ1) is 12.5. The van der Waals surface area contributed by atoms with E-state index in [1.807, 2.05) is 0 Å². The lowest BCUT2D eigenvalue weighted by molar-refractivity contribution is -0.126. The van der Waals surface area contributed by atoms with Crippen LogP contribution in [0.15, 0.2) is 36.1 Å². The molecule has 0 atom stereocenters. The molecule has 1 aliphatic rings. The number of halogens is 2. The second-order valence-corrected chi connectivity index (χ2v) is 4.52. The molecule has 1 aliphatic heterocycles. The number of allylic oxidation sites excluding steroid dienone is 1. The van der Waals surface area contributed by atoms with Gasteiger partial charge in [0.05, 0.1) is 0 Å². The fourth-order valence-corrected chi connectivity index (χ4v) is 1.57. The third-order valence-electron chi connectivity index (χ3n) is 2.63. The van der Waals surface area contributed by atoms with Gasteiger partial charge in [-0.05, 0) is 38.1 Å². The molecule has 0 amide bonds. The summed E-state index contributed by atoms with van der Waals surface area (Å²) in [6.07, 6.45) is 4.29. The van der Waals surface area contributed by atoms with E-state index in [1.54, 1.807) is 13.8 Å². The Labute approximate surface area is 104 Å². The Morgan fingerprint density at radius 2 is 1.94 bits per heavy atom. The fraction of sp³-hybridized carbons (Fsp3) is 0.214. The van der Waals surface area contributed by atoms with E-state index in [2.05, 4.69) is 0 Å². The van der Waals surface area contributed by atoms with Crippen LogP contribution in [0.5, 0.6) is 0 Å². The number of carbonyl (C=O) groups excluding carboxylic acids is 1. The maximum atomic E-state index is 13.3. The van der Waals surface area contributed by atoms with Crippen molar-refractivity contribution < 1.29 is 18.3 Å². The molecule has 94 valence electrons. The van der Waals surface area contributed by atoms with Crippen LogP contribution in [0.4, 0.5) is 8.78 Å². The molecule has 4 heteroatoms. The summed E-state index contributed by atoms with van der Waals surface area (Å²) in [4.78, 5) is 11.5. The van der Waals surface area contributed by atoms with Crippen molar-refractivity contribution >= 4 is 11.9 Å². The minimum atomic E-state index is -0.874. The van der Waals surface area contributed by atoms with Crippen molar-refractivity contribution in [3.8, 4) is 0 Å². The van der Waals surface area contributed by atoms with Crippen LogP contribution in [0.1, 0.15) is 19.4 Å². The molecule has 0 aromatic heterocycles. The minimum Gasteiger partial charge on any atom is -0.480 e. The zero-order chi connectivity index (χ0) is 13.3. The van der Waals surface area contributed by atoms with Crippen molar-refractivity contribution in [2.45, 2.75) is 19.4 Å². The van der Waals surface area contributed by atoms with Gasteiger partial charge in [0.15, 0.2) is 5.60 Å². The van der Waals surface area contributed by atoms with E-state index in [0.29, 0.717) is 5.76 Å². The van der Waals surface area contributed by atoms with Gasteiger partial charge in [0.25, 0.3) is 0 Å². The average Bonchev–Trinajstić information content (AvgIpc) is 2.51. The van der Waals surface area contributed by atoms with Gasteiger partial charge >= 0.3 is 0 Å². The highest BCUT2D eigenvalue weighted by Crippen LogP contribution is 2.25. The molecular formula is C14H12F2O2. The van der Waals surface area contributed by atoms with Crippen LogP contribution in [0, 0.1) is 11.6 Å². The van der Waals surface area contributed by atoms with Gasteiger partial charge in [-0.1, -0.05) is 0 Å². The van der Waals surface area contributed by atoms with Crippen LogP contribution in [-0.4, -0.2) is 11.4 Å². The summed E-state index contributed by atoms with van der Waals surface area (Å²) < 4.78 is 31.4. The van der Waals surface area contributed by atoms with Crippen molar-refractivity contribution in [1.82, 2.24) is 0 Å². The molecule has 1 aromatic rings. The third-order valence-corrected chi connectivity index (χ3v) is 2.63. The average molecular weight is 250 g/mol. The highest BCUT2D eigenvalue weighted by molar-refractivity contribution is 5.99. The van der Waals surface area contributed by atoms with Crippen molar-refractivity contribution in [1.29, 1.82) is 0 Å².